The largest absolute Gasteiger partial charge is 0.381 e. The summed E-state index contributed by atoms with van der Waals surface area (Å²) in [4.78, 5) is 0. The van der Waals surface area contributed by atoms with Gasteiger partial charge in [0.25, 0.3) is 0 Å². The Balaban J connectivity index is 2.20. The monoisotopic (exact) mass is 238 g/mol. The molecule has 0 amide bonds. The Bertz CT molecular complexity index is 521. The second-order valence-corrected chi connectivity index (χ2v) is 4.76. The number of aliphatic hydroxyl groups is 1. The molecule has 92 valence electrons. The molecule has 1 atom stereocenters. The van der Waals surface area contributed by atoms with Crippen LogP contribution in [0, 0.1) is 6.92 Å². The maximum absolute atomic E-state index is 10.4. The number of hydrogen-bond donors (Lipinski definition) is 1. The molecule has 1 nitrogen and oxygen atoms in total. The SMILES string of the molecule is Cc1ccc(/C=C/C(C)(O)c2ccccc2)cc1. The summed E-state index contributed by atoms with van der Waals surface area (Å²) in [5.74, 6) is 0. The molecule has 2 rings (SSSR count). The summed E-state index contributed by atoms with van der Waals surface area (Å²) in [5.41, 5.74) is 2.29. The van der Waals surface area contributed by atoms with Gasteiger partial charge in [-0.1, -0.05) is 66.2 Å². The lowest BCUT2D eigenvalue weighted by molar-refractivity contribution is 0.112. The van der Waals surface area contributed by atoms with Crippen LogP contribution in [0.4, 0.5) is 0 Å². The van der Waals surface area contributed by atoms with Gasteiger partial charge in [0.05, 0.1) is 0 Å². The molecular weight excluding hydrogens is 220 g/mol. The van der Waals surface area contributed by atoms with Gasteiger partial charge < -0.3 is 5.11 Å². The van der Waals surface area contributed by atoms with Crippen molar-refractivity contribution in [3.8, 4) is 0 Å². The van der Waals surface area contributed by atoms with E-state index in [1.54, 1.807) is 6.92 Å². The topological polar surface area (TPSA) is 20.2 Å². The summed E-state index contributed by atoms with van der Waals surface area (Å²) >= 11 is 0. The van der Waals surface area contributed by atoms with Crippen LogP contribution in [0.1, 0.15) is 23.6 Å². The third-order valence-corrected chi connectivity index (χ3v) is 3.04. The molecule has 0 aliphatic carbocycles. The fourth-order valence-corrected chi connectivity index (χ4v) is 1.81. The number of rotatable bonds is 3. The van der Waals surface area contributed by atoms with Crippen molar-refractivity contribution in [2.75, 3.05) is 0 Å². The highest BCUT2D eigenvalue weighted by atomic mass is 16.3. The van der Waals surface area contributed by atoms with E-state index in [0.717, 1.165) is 11.1 Å². The standard InChI is InChI=1S/C17H18O/c1-14-8-10-15(11-9-14)12-13-17(2,18)16-6-4-3-5-7-16/h3-13,18H,1-2H3/b13-12+. The molecule has 0 saturated carbocycles. The number of aryl methyl sites for hydroxylation is 1. The van der Waals surface area contributed by atoms with E-state index in [2.05, 4.69) is 19.1 Å². The van der Waals surface area contributed by atoms with E-state index in [9.17, 15) is 5.11 Å². The Kier molecular flexibility index (Phi) is 3.63. The highest BCUT2D eigenvalue weighted by Crippen LogP contribution is 2.22. The third-order valence-electron chi connectivity index (χ3n) is 3.04. The molecule has 0 saturated heterocycles. The predicted octanol–water partition coefficient (Wildman–Crippen LogP) is 3.92. The van der Waals surface area contributed by atoms with Crippen LogP contribution in [0.2, 0.25) is 0 Å². The van der Waals surface area contributed by atoms with E-state index in [1.807, 2.05) is 54.6 Å². The smallest absolute Gasteiger partial charge is 0.105 e. The first-order valence-electron chi connectivity index (χ1n) is 6.12. The van der Waals surface area contributed by atoms with Gasteiger partial charge in [-0.2, -0.15) is 0 Å². The van der Waals surface area contributed by atoms with Crippen molar-refractivity contribution in [1.82, 2.24) is 0 Å². The molecule has 2 aromatic carbocycles. The van der Waals surface area contributed by atoms with Gasteiger partial charge >= 0.3 is 0 Å². The minimum Gasteiger partial charge on any atom is -0.381 e. The highest BCUT2D eigenvalue weighted by Gasteiger charge is 2.18. The second kappa shape index (κ2) is 5.19. The van der Waals surface area contributed by atoms with E-state index in [1.165, 1.54) is 5.56 Å². The average Bonchev–Trinajstić information content (AvgIpc) is 2.39. The molecule has 0 spiro atoms. The van der Waals surface area contributed by atoms with E-state index >= 15 is 0 Å². The molecule has 0 aliphatic heterocycles. The van der Waals surface area contributed by atoms with Gasteiger partial charge in [0, 0.05) is 0 Å². The first-order valence-corrected chi connectivity index (χ1v) is 6.12. The maximum atomic E-state index is 10.4. The summed E-state index contributed by atoms with van der Waals surface area (Å²) < 4.78 is 0. The Hall–Kier alpha value is -1.86. The zero-order chi connectivity index (χ0) is 13.0. The number of benzene rings is 2. The van der Waals surface area contributed by atoms with Gasteiger partial charge in [0.2, 0.25) is 0 Å². The molecule has 0 fully saturated rings. The van der Waals surface area contributed by atoms with Crippen LogP contribution < -0.4 is 0 Å². The quantitative estimate of drug-likeness (QED) is 0.859. The summed E-state index contributed by atoms with van der Waals surface area (Å²) in [6.07, 6.45) is 3.78. The molecule has 1 unspecified atom stereocenters. The fraction of sp³-hybridized carbons (Fsp3) is 0.176. The zero-order valence-corrected chi connectivity index (χ0v) is 10.8. The molecule has 1 heteroatoms. The van der Waals surface area contributed by atoms with Crippen molar-refractivity contribution in [3.05, 3.63) is 77.4 Å². The first kappa shape index (κ1) is 12.6. The summed E-state index contributed by atoms with van der Waals surface area (Å²) in [7, 11) is 0. The van der Waals surface area contributed by atoms with Gasteiger partial charge in [-0.25, -0.2) is 0 Å². The third kappa shape index (κ3) is 3.08. The summed E-state index contributed by atoms with van der Waals surface area (Å²) in [5, 5.41) is 10.4. The van der Waals surface area contributed by atoms with Crippen LogP contribution >= 0.6 is 0 Å². The zero-order valence-electron chi connectivity index (χ0n) is 10.8. The molecule has 1 N–H and O–H groups in total. The van der Waals surface area contributed by atoms with Crippen LogP contribution in [0.15, 0.2) is 60.7 Å². The molecule has 0 aliphatic rings. The Labute approximate surface area is 108 Å². The number of hydrogen-bond acceptors (Lipinski definition) is 1. The second-order valence-electron chi connectivity index (χ2n) is 4.76. The van der Waals surface area contributed by atoms with Gasteiger partial charge in [-0.05, 0) is 31.1 Å². The molecule has 18 heavy (non-hydrogen) atoms. The van der Waals surface area contributed by atoms with Crippen LogP contribution in [-0.4, -0.2) is 5.11 Å². The average molecular weight is 238 g/mol. The van der Waals surface area contributed by atoms with Crippen LogP contribution in [0.3, 0.4) is 0 Å². The molecule has 2 aromatic rings. The normalized spacial score (nSPS) is 14.6. The maximum Gasteiger partial charge on any atom is 0.105 e. The van der Waals surface area contributed by atoms with Crippen molar-refractivity contribution >= 4 is 6.08 Å². The molecule has 0 aromatic heterocycles. The summed E-state index contributed by atoms with van der Waals surface area (Å²) in [6, 6.07) is 17.9. The molecular formula is C17H18O. The van der Waals surface area contributed by atoms with Gasteiger partial charge in [-0.15, -0.1) is 0 Å². The first-order chi connectivity index (χ1) is 8.58. The van der Waals surface area contributed by atoms with E-state index in [0.29, 0.717) is 0 Å². The Morgan fingerprint density at radius 1 is 0.944 bits per heavy atom. The lowest BCUT2D eigenvalue weighted by Crippen LogP contribution is -2.17. The molecule has 0 heterocycles. The highest BCUT2D eigenvalue weighted by molar-refractivity contribution is 5.51. The van der Waals surface area contributed by atoms with E-state index < -0.39 is 5.60 Å². The van der Waals surface area contributed by atoms with Crippen molar-refractivity contribution in [3.63, 3.8) is 0 Å². The molecule has 0 radical (unpaired) electrons. The van der Waals surface area contributed by atoms with E-state index in [4.69, 9.17) is 0 Å². The van der Waals surface area contributed by atoms with E-state index in [-0.39, 0.29) is 0 Å². The van der Waals surface area contributed by atoms with Crippen molar-refractivity contribution in [2.24, 2.45) is 0 Å². The van der Waals surface area contributed by atoms with Gasteiger partial charge in [0.1, 0.15) is 5.60 Å². The van der Waals surface area contributed by atoms with Crippen molar-refractivity contribution in [2.45, 2.75) is 19.4 Å². The fourth-order valence-electron chi connectivity index (χ4n) is 1.81. The van der Waals surface area contributed by atoms with Crippen LogP contribution in [0.5, 0.6) is 0 Å². The van der Waals surface area contributed by atoms with Crippen molar-refractivity contribution < 1.29 is 5.11 Å². The van der Waals surface area contributed by atoms with Gasteiger partial charge in [0.15, 0.2) is 0 Å². The minimum atomic E-state index is -0.938. The minimum absolute atomic E-state index is 0.897. The van der Waals surface area contributed by atoms with Crippen molar-refractivity contribution in [1.29, 1.82) is 0 Å². The predicted molar refractivity (Wildman–Crippen MR) is 76.2 cm³/mol. The Morgan fingerprint density at radius 2 is 1.56 bits per heavy atom. The lowest BCUT2D eigenvalue weighted by Gasteiger charge is -2.19. The van der Waals surface area contributed by atoms with Crippen LogP contribution in [-0.2, 0) is 5.60 Å². The molecule has 0 bridgehead atoms. The van der Waals surface area contributed by atoms with Gasteiger partial charge in [-0.3, -0.25) is 0 Å². The lowest BCUT2D eigenvalue weighted by atomic mass is 9.95. The van der Waals surface area contributed by atoms with Crippen LogP contribution in [0.25, 0.3) is 6.08 Å². The Morgan fingerprint density at radius 3 is 2.17 bits per heavy atom. The summed E-state index contributed by atoms with van der Waals surface area (Å²) in [6.45, 7) is 3.86.